The lowest BCUT2D eigenvalue weighted by atomic mass is 10.1. The van der Waals surface area contributed by atoms with Crippen LogP contribution in [0.4, 0.5) is 0 Å². The summed E-state index contributed by atoms with van der Waals surface area (Å²) in [7, 11) is -3.00. The first-order valence-corrected chi connectivity index (χ1v) is 11.4. The number of benzene rings is 1. The number of hydrogen-bond acceptors (Lipinski definition) is 4. The average Bonchev–Trinajstić information content (AvgIpc) is 2.58. The fourth-order valence-electron chi connectivity index (χ4n) is 2.29. The molecule has 0 fully saturated rings. The molecule has 0 atom stereocenters. The largest absolute Gasteiger partial charge is 0.381 e. The van der Waals surface area contributed by atoms with Crippen molar-refractivity contribution in [3.05, 3.63) is 35.4 Å². The quantitative estimate of drug-likeness (QED) is 0.329. The topological polar surface area (TPSA) is 79.8 Å². The third kappa shape index (κ3) is 11.1. The number of nitrogens with one attached hydrogen (secondary N) is 2. The molecule has 0 aromatic heterocycles. The van der Waals surface area contributed by atoms with E-state index in [0.717, 1.165) is 62.7 Å². The molecule has 148 valence electrons. The van der Waals surface area contributed by atoms with Crippen molar-refractivity contribution in [2.45, 2.75) is 45.4 Å². The fraction of sp³-hybridized carbons (Fsp3) is 0.632. The molecule has 0 aliphatic heterocycles. The summed E-state index contributed by atoms with van der Waals surface area (Å²) < 4.78 is 28.2. The normalized spacial score (nSPS) is 12.2. The van der Waals surface area contributed by atoms with Gasteiger partial charge in [-0.05, 0) is 30.9 Å². The first-order valence-electron chi connectivity index (χ1n) is 9.30. The maximum Gasteiger partial charge on any atom is 0.191 e. The zero-order valence-corrected chi connectivity index (χ0v) is 17.1. The summed E-state index contributed by atoms with van der Waals surface area (Å²) in [6.45, 7) is 7.93. The van der Waals surface area contributed by atoms with Gasteiger partial charge in [0.25, 0.3) is 0 Å². The Morgan fingerprint density at radius 1 is 1.04 bits per heavy atom. The van der Waals surface area contributed by atoms with Crippen molar-refractivity contribution >= 4 is 15.8 Å². The SMILES string of the molecule is CCCCOCCCNC(=NCc1ccc(CS(C)(=O)=O)cc1)NCC. The highest BCUT2D eigenvalue weighted by Crippen LogP contribution is 2.08. The van der Waals surface area contributed by atoms with Gasteiger partial charge in [-0.1, -0.05) is 37.6 Å². The van der Waals surface area contributed by atoms with Crippen molar-refractivity contribution in [2.75, 3.05) is 32.6 Å². The molecule has 0 amide bonds. The summed E-state index contributed by atoms with van der Waals surface area (Å²) in [5.41, 5.74) is 1.84. The lowest BCUT2D eigenvalue weighted by Crippen LogP contribution is -2.38. The van der Waals surface area contributed by atoms with Gasteiger partial charge in [0, 0.05) is 32.6 Å². The zero-order chi connectivity index (χ0) is 19.3. The maximum absolute atomic E-state index is 11.3. The molecule has 0 unspecified atom stereocenters. The number of ether oxygens (including phenoxy) is 1. The third-order valence-electron chi connectivity index (χ3n) is 3.62. The Bertz CT molecular complexity index is 628. The smallest absolute Gasteiger partial charge is 0.191 e. The second-order valence-electron chi connectivity index (χ2n) is 6.33. The molecule has 1 aromatic rings. The van der Waals surface area contributed by atoms with Crippen LogP contribution in [-0.4, -0.2) is 46.9 Å². The minimum Gasteiger partial charge on any atom is -0.381 e. The molecule has 7 heteroatoms. The summed E-state index contributed by atoms with van der Waals surface area (Å²) in [4.78, 5) is 4.57. The average molecular weight is 384 g/mol. The second kappa shape index (κ2) is 12.7. The van der Waals surface area contributed by atoms with Crippen LogP contribution in [0.3, 0.4) is 0 Å². The van der Waals surface area contributed by atoms with Crippen molar-refractivity contribution in [1.82, 2.24) is 10.6 Å². The number of guanidine groups is 1. The number of aliphatic imine (C=N–C) groups is 1. The lowest BCUT2D eigenvalue weighted by Gasteiger charge is -2.11. The van der Waals surface area contributed by atoms with Crippen molar-refractivity contribution in [3.63, 3.8) is 0 Å². The minimum atomic E-state index is -3.00. The van der Waals surface area contributed by atoms with Crippen LogP contribution in [0, 0.1) is 0 Å². The molecule has 0 radical (unpaired) electrons. The Labute approximate surface area is 158 Å². The first kappa shape index (κ1) is 22.4. The predicted octanol–water partition coefficient (Wildman–Crippen LogP) is 2.49. The van der Waals surface area contributed by atoms with Crippen LogP contribution in [0.1, 0.15) is 44.2 Å². The molecule has 0 bridgehead atoms. The van der Waals surface area contributed by atoms with Gasteiger partial charge in [0.1, 0.15) is 0 Å². The van der Waals surface area contributed by atoms with E-state index in [1.807, 2.05) is 31.2 Å². The molecule has 1 aromatic carbocycles. The molecular formula is C19H33N3O3S. The number of nitrogens with zero attached hydrogens (tertiary/aromatic N) is 1. The van der Waals surface area contributed by atoms with Gasteiger partial charge in [0.05, 0.1) is 12.3 Å². The van der Waals surface area contributed by atoms with Crippen LogP contribution in [0.15, 0.2) is 29.3 Å². The van der Waals surface area contributed by atoms with Crippen molar-refractivity contribution in [1.29, 1.82) is 0 Å². The summed E-state index contributed by atoms with van der Waals surface area (Å²) in [6.07, 6.45) is 4.45. The second-order valence-corrected chi connectivity index (χ2v) is 8.47. The lowest BCUT2D eigenvalue weighted by molar-refractivity contribution is 0.129. The molecule has 26 heavy (non-hydrogen) atoms. The van der Waals surface area contributed by atoms with Crippen LogP contribution in [0.25, 0.3) is 0 Å². The van der Waals surface area contributed by atoms with Gasteiger partial charge < -0.3 is 15.4 Å². The van der Waals surface area contributed by atoms with Gasteiger partial charge in [0.2, 0.25) is 0 Å². The Morgan fingerprint density at radius 2 is 1.69 bits per heavy atom. The monoisotopic (exact) mass is 383 g/mol. The highest BCUT2D eigenvalue weighted by molar-refractivity contribution is 7.89. The number of sulfone groups is 1. The molecule has 0 saturated carbocycles. The highest BCUT2D eigenvalue weighted by Gasteiger charge is 2.04. The summed E-state index contributed by atoms with van der Waals surface area (Å²) in [5, 5.41) is 6.53. The van der Waals surface area contributed by atoms with Gasteiger partial charge in [-0.15, -0.1) is 0 Å². The first-order chi connectivity index (χ1) is 12.4. The van der Waals surface area contributed by atoms with Crippen LogP contribution < -0.4 is 10.6 Å². The Hall–Kier alpha value is -1.60. The third-order valence-corrected chi connectivity index (χ3v) is 4.47. The fourth-order valence-corrected chi connectivity index (χ4v) is 3.08. The van der Waals surface area contributed by atoms with Crippen LogP contribution in [0.5, 0.6) is 0 Å². The Kier molecular flexibility index (Phi) is 11.0. The van der Waals surface area contributed by atoms with Gasteiger partial charge >= 0.3 is 0 Å². The Morgan fingerprint density at radius 3 is 2.31 bits per heavy atom. The van der Waals surface area contributed by atoms with E-state index in [4.69, 9.17) is 4.74 Å². The van der Waals surface area contributed by atoms with E-state index >= 15 is 0 Å². The maximum atomic E-state index is 11.3. The molecule has 0 aliphatic rings. The zero-order valence-electron chi connectivity index (χ0n) is 16.3. The summed E-state index contributed by atoms with van der Waals surface area (Å²) in [6, 6.07) is 7.55. The number of unbranched alkanes of at least 4 members (excludes halogenated alkanes) is 1. The van der Waals surface area contributed by atoms with Crippen molar-refractivity contribution < 1.29 is 13.2 Å². The van der Waals surface area contributed by atoms with E-state index in [2.05, 4.69) is 22.5 Å². The molecule has 6 nitrogen and oxygen atoms in total. The van der Waals surface area contributed by atoms with Crippen LogP contribution in [-0.2, 0) is 26.9 Å². The molecule has 0 saturated heterocycles. The van der Waals surface area contributed by atoms with E-state index in [9.17, 15) is 8.42 Å². The summed E-state index contributed by atoms with van der Waals surface area (Å²) in [5.74, 6) is 0.849. The molecule has 1 rings (SSSR count). The van der Waals surface area contributed by atoms with Crippen molar-refractivity contribution in [3.8, 4) is 0 Å². The standard InChI is InChI=1S/C19H33N3O3S/c1-4-6-13-25-14-7-12-21-19(20-5-2)22-15-17-8-10-18(11-9-17)16-26(3,23)24/h8-11H,4-7,12-16H2,1-3H3,(H2,20,21,22). The number of hydrogen-bond donors (Lipinski definition) is 2. The molecule has 0 heterocycles. The molecule has 0 spiro atoms. The molecule has 2 N–H and O–H groups in total. The van der Waals surface area contributed by atoms with Crippen molar-refractivity contribution in [2.24, 2.45) is 4.99 Å². The van der Waals surface area contributed by atoms with Gasteiger partial charge in [-0.3, -0.25) is 0 Å². The van der Waals surface area contributed by atoms with E-state index in [-0.39, 0.29) is 5.75 Å². The van der Waals surface area contributed by atoms with Crippen LogP contribution in [0.2, 0.25) is 0 Å². The minimum absolute atomic E-state index is 0.0705. The molecule has 0 aliphatic carbocycles. The summed E-state index contributed by atoms with van der Waals surface area (Å²) >= 11 is 0. The van der Waals surface area contributed by atoms with Gasteiger partial charge in [-0.25, -0.2) is 13.4 Å². The van der Waals surface area contributed by atoms with Gasteiger partial charge in [-0.2, -0.15) is 0 Å². The van der Waals surface area contributed by atoms with Gasteiger partial charge in [0.15, 0.2) is 15.8 Å². The van der Waals surface area contributed by atoms with Crippen LogP contribution >= 0.6 is 0 Å². The number of rotatable bonds is 12. The van der Waals surface area contributed by atoms with E-state index < -0.39 is 9.84 Å². The predicted molar refractivity (Wildman–Crippen MR) is 108 cm³/mol. The van der Waals surface area contributed by atoms with E-state index in [0.29, 0.717) is 6.54 Å². The molecular weight excluding hydrogens is 350 g/mol. The van der Waals surface area contributed by atoms with E-state index in [1.54, 1.807) is 0 Å². The van der Waals surface area contributed by atoms with E-state index in [1.165, 1.54) is 6.26 Å². The Balaban J connectivity index is 2.42. The highest BCUT2D eigenvalue weighted by atomic mass is 32.2.